The molecule has 1 fully saturated rings. The van der Waals surface area contributed by atoms with Crippen LogP contribution in [0.4, 0.5) is 10.2 Å². The Morgan fingerprint density at radius 2 is 1.84 bits per heavy atom. The number of rotatable bonds is 3. The molecular weight excluding hydrogens is 245 g/mol. The quantitative estimate of drug-likeness (QED) is 0.855. The molecule has 106 valence electrons. The van der Waals surface area contributed by atoms with Crippen LogP contribution in [0.15, 0.2) is 0 Å². The van der Waals surface area contributed by atoms with Crippen LogP contribution in [-0.2, 0) is 10.3 Å². The largest absolute Gasteiger partial charge is 0.381 e. The second kappa shape index (κ2) is 5.82. The van der Waals surface area contributed by atoms with E-state index in [1.165, 1.54) is 12.8 Å². The Labute approximate surface area is 113 Å². The maximum atomic E-state index is 13.6. The Kier molecular flexibility index (Phi) is 4.34. The van der Waals surface area contributed by atoms with Crippen LogP contribution in [0.2, 0.25) is 0 Å². The molecule has 5 heteroatoms. The molecule has 0 amide bonds. The summed E-state index contributed by atoms with van der Waals surface area (Å²) in [6.45, 7) is 4.18. The van der Waals surface area contributed by atoms with Crippen molar-refractivity contribution in [2.24, 2.45) is 0 Å². The second-order valence-corrected chi connectivity index (χ2v) is 5.17. The molecule has 1 aromatic rings. The molecule has 19 heavy (non-hydrogen) atoms. The zero-order valence-electron chi connectivity index (χ0n) is 11.7. The molecule has 0 aromatic carbocycles. The van der Waals surface area contributed by atoms with Gasteiger partial charge in [0.05, 0.1) is 5.69 Å². The molecule has 0 radical (unpaired) electrons. The molecule has 0 aliphatic heterocycles. The third-order valence-corrected chi connectivity index (χ3v) is 3.78. The fraction of sp³-hybridized carbons (Fsp3) is 0.714. The average molecular weight is 267 g/mol. The van der Waals surface area contributed by atoms with E-state index in [2.05, 4.69) is 9.97 Å². The van der Waals surface area contributed by atoms with Gasteiger partial charge in [0.1, 0.15) is 5.60 Å². The van der Waals surface area contributed by atoms with Crippen molar-refractivity contribution in [1.82, 2.24) is 9.97 Å². The highest BCUT2D eigenvalue weighted by Gasteiger charge is 2.37. The minimum atomic E-state index is -0.524. The lowest BCUT2D eigenvalue weighted by Crippen LogP contribution is -2.32. The highest BCUT2D eigenvalue weighted by Crippen LogP contribution is 2.38. The van der Waals surface area contributed by atoms with Crippen LogP contribution in [0.5, 0.6) is 0 Å². The summed E-state index contributed by atoms with van der Waals surface area (Å²) in [6.07, 6.45) is 6.32. The predicted molar refractivity (Wildman–Crippen MR) is 72.1 cm³/mol. The van der Waals surface area contributed by atoms with E-state index in [1.54, 1.807) is 6.92 Å². The number of hydrogen-bond donors (Lipinski definition) is 1. The summed E-state index contributed by atoms with van der Waals surface area (Å²) < 4.78 is 19.6. The third kappa shape index (κ3) is 2.86. The number of ether oxygens (including phenoxy) is 1. The summed E-state index contributed by atoms with van der Waals surface area (Å²) in [5, 5.41) is 0. The van der Waals surface area contributed by atoms with Gasteiger partial charge in [0.25, 0.3) is 0 Å². The summed E-state index contributed by atoms with van der Waals surface area (Å²) >= 11 is 0. The van der Waals surface area contributed by atoms with E-state index in [9.17, 15) is 4.39 Å². The normalized spacial score (nSPS) is 19.1. The van der Waals surface area contributed by atoms with E-state index < -0.39 is 11.4 Å². The molecule has 1 aromatic heterocycles. The van der Waals surface area contributed by atoms with Crippen molar-refractivity contribution in [2.75, 3.05) is 12.3 Å². The molecular formula is C14H22FN3O. The number of halogens is 1. The summed E-state index contributed by atoms with van der Waals surface area (Å²) in [6, 6.07) is 0. The summed E-state index contributed by atoms with van der Waals surface area (Å²) in [4.78, 5) is 8.45. The van der Waals surface area contributed by atoms with Gasteiger partial charge in [0.2, 0.25) is 0 Å². The minimum absolute atomic E-state index is 0.0779. The first kappa shape index (κ1) is 14.2. The number of nitrogens with zero attached hydrogens (tertiary/aromatic N) is 2. The van der Waals surface area contributed by atoms with Gasteiger partial charge >= 0.3 is 0 Å². The average Bonchev–Trinajstić information content (AvgIpc) is 2.62. The molecule has 1 aliphatic carbocycles. The second-order valence-electron chi connectivity index (χ2n) is 5.17. The lowest BCUT2D eigenvalue weighted by atomic mass is 9.92. The first-order chi connectivity index (χ1) is 9.09. The lowest BCUT2D eigenvalue weighted by molar-refractivity contribution is -0.0625. The van der Waals surface area contributed by atoms with Crippen LogP contribution in [-0.4, -0.2) is 16.6 Å². The van der Waals surface area contributed by atoms with Crippen LogP contribution in [0, 0.1) is 12.7 Å². The molecule has 1 aliphatic rings. The molecule has 0 saturated heterocycles. The summed E-state index contributed by atoms with van der Waals surface area (Å²) in [5.41, 5.74) is 5.45. The maximum Gasteiger partial charge on any atom is 0.186 e. The van der Waals surface area contributed by atoms with Gasteiger partial charge in [-0.3, -0.25) is 0 Å². The van der Waals surface area contributed by atoms with Gasteiger partial charge in [-0.1, -0.05) is 25.7 Å². The van der Waals surface area contributed by atoms with Gasteiger partial charge < -0.3 is 10.5 Å². The van der Waals surface area contributed by atoms with Gasteiger partial charge in [0.15, 0.2) is 17.5 Å². The van der Waals surface area contributed by atoms with Gasteiger partial charge in [0, 0.05) is 6.61 Å². The Balaban J connectivity index is 2.42. The minimum Gasteiger partial charge on any atom is -0.381 e. The zero-order valence-corrected chi connectivity index (χ0v) is 11.7. The number of nitrogens with two attached hydrogens (primary N) is 1. The maximum absolute atomic E-state index is 13.6. The van der Waals surface area contributed by atoms with Gasteiger partial charge in [-0.15, -0.1) is 0 Å². The molecule has 2 N–H and O–H groups in total. The standard InChI is InChI=1S/C14H22FN3O/c1-3-19-14(8-6-4-5-7-9-14)13-17-10(2)11(15)12(16)18-13/h3-9H2,1-2H3,(H2,16,17,18). The molecule has 0 unspecified atom stereocenters. The van der Waals surface area contributed by atoms with E-state index >= 15 is 0 Å². The van der Waals surface area contributed by atoms with Crippen LogP contribution in [0.25, 0.3) is 0 Å². The van der Waals surface area contributed by atoms with Gasteiger partial charge in [-0.25, -0.2) is 14.4 Å². The van der Waals surface area contributed by atoms with Gasteiger partial charge in [-0.05, 0) is 26.7 Å². The number of nitrogen functional groups attached to an aromatic ring is 1. The highest BCUT2D eigenvalue weighted by molar-refractivity contribution is 5.33. The monoisotopic (exact) mass is 267 g/mol. The predicted octanol–water partition coefficient (Wildman–Crippen LogP) is 3.09. The van der Waals surface area contributed by atoms with E-state index in [1.807, 2.05) is 6.92 Å². The molecule has 0 bridgehead atoms. The van der Waals surface area contributed by atoms with Crippen LogP contribution < -0.4 is 5.73 Å². The lowest BCUT2D eigenvalue weighted by Gasteiger charge is -2.31. The van der Waals surface area contributed by atoms with E-state index in [0.717, 1.165) is 25.7 Å². The van der Waals surface area contributed by atoms with Gasteiger partial charge in [-0.2, -0.15) is 0 Å². The Hall–Kier alpha value is -1.23. The van der Waals surface area contributed by atoms with Crippen molar-refractivity contribution in [1.29, 1.82) is 0 Å². The van der Waals surface area contributed by atoms with E-state index in [0.29, 0.717) is 18.1 Å². The Morgan fingerprint density at radius 1 is 1.21 bits per heavy atom. The number of aryl methyl sites for hydroxylation is 1. The first-order valence-electron chi connectivity index (χ1n) is 7.03. The molecule has 1 heterocycles. The molecule has 2 rings (SSSR count). The molecule has 4 nitrogen and oxygen atoms in total. The van der Waals surface area contributed by atoms with Crippen molar-refractivity contribution in [3.05, 3.63) is 17.3 Å². The Morgan fingerprint density at radius 3 is 2.37 bits per heavy atom. The number of aromatic nitrogens is 2. The van der Waals surface area contributed by atoms with Crippen molar-refractivity contribution >= 4 is 5.82 Å². The topological polar surface area (TPSA) is 61.0 Å². The van der Waals surface area contributed by atoms with Crippen molar-refractivity contribution in [2.45, 2.75) is 58.0 Å². The van der Waals surface area contributed by atoms with E-state index in [4.69, 9.17) is 10.5 Å². The fourth-order valence-electron chi connectivity index (χ4n) is 2.79. The van der Waals surface area contributed by atoms with Crippen LogP contribution in [0.3, 0.4) is 0 Å². The molecule has 1 saturated carbocycles. The smallest absolute Gasteiger partial charge is 0.186 e. The van der Waals surface area contributed by atoms with Crippen LogP contribution in [0.1, 0.15) is 57.0 Å². The first-order valence-corrected chi connectivity index (χ1v) is 7.03. The number of hydrogen-bond acceptors (Lipinski definition) is 4. The van der Waals surface area contributed by atoms with Crippen molar-refractivity contribution < 1.29 is 9.13 Å². The summed E-state index contributed by atoms with van der Waals surface area (Å²) in [7, 11) is 0. The molecule has 0 spiro atoms. The van der Waals surface area contributed by atoms with Crippen LogP contribution >= 0.6 is 0 Å². The highest BCUT2D eigenvalue weighted by atomic mass is 19.1. The molecule has 0 atom stereocenters. The Bertz CT molecular complexity index is 419. The van der Waals surface area contributed by atoms with E-state index in [-0.39, 0.29) is 5.82 Å². The number of anilines is 1. The zero-order chi connectivity index (χ0) is 13.9. The summed E-state index contributed by atoms with van der Waals surface area (Å²) in [5.74, 6) is -0.0532. The fourth-order valence-corrected chi connectivity index (χ4v) is 2.79. The van der Waals surface area contributed by atoms with Crippen molar-refractivity contribution in [3.8, 4) is 0 Å². The van der Waals surface area contributed by atoms with Crippen molar-refractivity contribution in [3.63, 3.8) is 0 Å². The third-order valence-electron chi connectivity index (χ3n) is 3.78. The SMILES string of the molecule is CCOC1(c2nc(C)c(F)c(N)n2)CCCCCC1.